The maximum absolute atomic E-state index is 13.7. The minimum atomic E-state index is -4.78. The van der Waals surface area contributed by atoms with Crippen LogP contribution in [-0.2, 0) is 25.1 Å². The molecule has 3 heterocycles. The number of carbonyl (C=O) groups excluding carboxylic acids is 1. The van der Waals surface area contributed by atoms with E-state index in [-0.39, 0.29) is 23.8 Å². The number of alkyl halides is 3. The second kappa shape index (κ2) is 7.06. The number of likely N-dealkylation sites (tertiary alicyclic amines) is 1. The molecule has 1 aliphatic heterocycles. The molecular formula is C18H21F3N4O3. The molecule has 1 atom stereocenters. The van der Waals surface area contributed by atoms with E-state index in [0.29, 0.717) is 30.4 Å². The number of hydrogen-bond acceptors (Lipinski definition) is 4. The number of hydrogen-bond donors (Lipinski definition) is 0. The van der Waals surface area contributed by atoms with E-state index in [1.165, 1.54) is 7.05 Å². The number of pyridine rings is 1. The number of nitrogens with zero attached hydrogens (tertiary/aromatic N) is 4. The van der Waals surface area contributed by atoms with Crippen LogP contribution in [0.1, 0.15) is 43.4 Å². The van der Waals surface area contributed by atoms with Crippen molar-refractivity contribution in [2.75, 3.05) is 13.1 Å². The molecule has 7 nitrogen and oxygen atoms in total. The van der Waals surface area contributed by atoms with Crippen LogP contribution in [-0.4, -0.2) is 38.0 Å². The lowest BCUT2D eigenvalue weighted by Gasteiger charge is -2.32. The fourth-order valence-corrected chi connectivity index (χ4v) is 3.68. The number of aromatic nitrogens is 3. The van der Waals surface area contributed by atoms with Gasteiger partial charge in [-0.2, -0.15) is 13.2 Å². The Bertz CT molecular complexity index is 1060. The molecule has 0 unspecified atom stereocenters. The zero-order chi connectivity index (χ0) is 20.8. The van der Waals surface area contributed by atoms with Gasteiger partial charge in [0.2, 0.25) is 5.91 Å². The van der Waals surface area contributed by atoms with E-state index in [0.717, 1.165) is 17.7 Å². The first kappa shape index (κ1) is 20.1. The van der Waals surface area contributed by atoms with Gasteiger partial charge in [0.05, 0.1) is 10.9 Å². The van der Waals surface area contributed by atoms with Gasteiger partial charge >= 0.3 is 11.9 Å². The van der Waals surface area contributed by atoms with Gasteiger partial charge < -0.3 is 4.90 Å². The highest BCUT2D eigenvalue weighted by molar-refractivity contribution is 5.79. The van der Waals surface area contributed by atoms with Crippen LogP contribution in [0, 0.1) is 0 Å². The Morgan fingerprint density at radius 3 is 2.54 bits per heavy atom. The van der Waals surface area contributed by atoms with Gasteiger partial charge in [0.1, 0.15) is 5.65 Å². The van der Waals surface area contributed by atoms with E-state index in [4.69, 9.17) is 0 Å². The van der Waals surface area contributed by atoms with Crippen molar-refractivity contribution >= 4 is 16.9 Å². The highest BCUT2D eigenvalue weighted by atomic mass is 19.4. The van der Waals surface area contributed by atoms with E-state index < -0.39 is 34.3 Å². The van der Waals surface area contributed by atoms with E-state index in [9.17, 15) is 27.6 Å². The van der Waals surface area contributed by atoms with Crippen LogP contribution in [0.2, 0.25) is 0 Å². The van der Waals surface area contributed by atoms with Crippen molar-refractivity contribution in [3.8, 4) is 0 Å². The van der Waals surface area contributed by atoms with Crippen LogP contribution < -0.4 is 11.2 Å². The van der Waals surface area contributed by atoms with Crippen LogP contribution >= 0.6 is 0 Å². The number of halogens is 3. The first-order valence-corrected chi connectivity index (χ1v) is 9.01. The second-order valence-corrected chi connectivity index (χ2v) is 7.03. The number of rotatable bonds is 2. The Morgan fingerprint density at radius 1 is 1.25 bits per heavy atom. The summed E-state index contributed by atoms with van der Waals surface area (Å²) in [6.45, 7) is 2.55. The molecule has 0 N–H and O–H groups in total. The zero-order valence-electron chi connectivity index (χ0n) is 15.8. The lowest BCUT2D eigenvalue weighted by atomic mass is 9.92. The summed E-state index contributed by atoms with van der Waals surface area (Å²) in [5.74, 6) is -0.461. The number of carbonyl (C=O) groups is 1. The monoisotopic (exact) mass is 398 g/mol. The van der Waals surface area contributed by atoms with E-state index >= 15 is 0 Å². The third kappa shape index (κ3) is 3.31. The van der Waals surface area contributed by atoms with Crippen LogP contribution in [0.5, 0.6) is 0 Å². The minimum Gasteiger partial charge on any atom is -0.342 e. The van der Waals surface area contributed by atoms with Crippen molar-refractivity contribution in [2.24, 2.45) is 14.1 Å². The van der Waals surface area contributed by atoms with Crippen molar-refractivity contribution in [2.45, 2.75) is 38.3 Å². The van der Waals surface area contributed by atoms with Crippen molar-refractivity contribution in [3.63, 3.8) is 0 Å². The first-order chi connectivity index (χ1) is 13.1. The predicted octanol–water partition coefficient (Wildman–Crippen LogP) is 1.77. The van der Waals surface area contributed by atoms with Gasteiger partial charge in [-0.1, -0.05) is 6.92 Å². The van der Waals surface area contributed by atoms with E-state index in [1.54, 1.807) is 11.8 Å². The molecule has 10 heteroatoms. The van der Waals surface area contributed by atoms with Gasteiger partial charge in [-0.15, -0.1) is 0 Å². The maximum atomic E-state index is 13.7. The van der Waals surface area contributed by atoms with Gasteiger partial charge in [-0.25, -0.2) is 9.78 Å². The van der Waals surface area contributed by atoms with Gasteiger partial charge in [-0.3, -0.25) is 18.7 Å². The summed E-state index contributed by atoms with van der Waals surface area (Å²) in [6.07, 6.45) is -3.25. The molecule has 1 saturated heterocycles. The Labute approximate surface area is 158 Å². The fourth-order valence-electron chi connectivity index (χ4n) is 3.68. The van der Waals surface area contributed by atoms with Crippen molar-refractivity contribution in [1.82, 2.24) is 19.0 Å². The lowest BCUT2D eigenvalue weighted by Crippen LogP contribution is -2.40. The fraction of sp³-hybridized carbons (Fsp3) is 0.556. The standard InChI is InChI=1S/C18H21F3N4O3/c1-4-13(26)25-7-5-6-10(9-25)12-8-11(18(19,20)21)14-15(22-12)23(2)17(28)24(3)16(14)27/h8,10H,4-7,9H2,1-3H3/t10-/m0/s1. The topological polar surface area (TPSA) is 77.2 Å². The molecule has 0 radical (unpaired) electrons. The second-order valence-electron chi connectivity index (χ2n) is 7.03. The summed E-state index contributed by atoms with van der Waals surface area (Å²) in [5, 5.41) is -0.627. The quantitative estimate of drug-likeness (QED) is 0.773. The predicted molar refractivity (Wildman–Crippen MR) is 96.1 cm³/mol. The highest BCUT2D eigenvalue weighted by Crippen LogP contribution is 2.36. The van der Waals surface area contributed by atoms with Gasteiger partial charge in [-0.05, 0) is 18.9 Å². The molecule has 0 aliphatic carbocycles. The van der Waals surface area contributed by atoms with Gasteiger partial charge in [0.15, 0.2) is 0 Å². The van der Waals surface area contributed by atoms with Crippen molar-refractivity contribution in [1.29, 1.82) is 0 Å². The number of piperidine rings is 1. The average molecular weight is 398 g/mol. The molecule has 2 aromatic heterocycles. The third-order valence-corrected chi connectivity index (χ3v) is 5.23. The van der Waals surface area contributed by atoms with E-state index in [2.05, 4.69) is 4.98 Å². The van der Waals surface area contributed by atoms with E-state index in [1.807, 2.05) is 0 Å². The summed E-state index contributed by atoms with van der Waals surface area (Å²) in [5.41, 5.74) is -3.05. The molecular weight excluding hydrogens is 377 g/mol. The van der Waals surface area contributed by atoms with Crippen LogP contribution in [0.15, 0.2) is 15.7 Å². The highest BCUT2D eigenvalue weighted by Gasteiger charge is 2.37. The third-order valence-electron chi connectivity index (χ3n) is 5.23. The maximum Gasteiger partial charge on any atom is 0.417 e. The van der Waals surface area contributed by atoms with Crippen LogP contribution in [0.4, 0.5) is 13.2 Å². The largest absolute Gasteiger partial charge is 0.417 e. The van der Waals surface area contributed by atoms with Gasteiger partial charge in [0, 0.05) is 45.2 Å². The Hall–Kier alpha value is -2.65. The summed E-state index contributed by atoms with van der Waals surface area (Å²) in [7, 11) is 2.42. The first-order valence-electron chi connectivity index (χ1n) is 9.01. The van der Waals surface area contributed by atoms with Gasteiger partial charge in [0.25, 0.3) is 5.56 Å². The number of fused-ring (bicyclic) bond motifs is 1. The molecule has 3 rings (SSSR count). The molecule has 1 fully saturated rings. The number of aryl methyl sites for hydroxylation is 1. The van der Waals surface area contributed by atoms with Crippen molar-refractivity contribution in [3.05, 3.63) is 38.2 Å². The Kier molecular flexibility index (Phi) is 5.07. The summed E-state index contributed by atoms with van der Waals surface area (Å²) in [4.78, 5) is 42.5. The normalized spacial score (nSPS) is 17.9. The van der Waals surface area contributed by atoms with Crippen LogP contribution in [0.25, 0.3) is 11.0 Å². The minimum absolute atomic E-state index is 0.0668. The Balaban J connectivity index is 2.24. The lowest BCUT2D eigenvalue weighted by molar-refractivity contribution is -0.136. The molecule has 1 amide bonds. The average Bonchev–Trinajstić information content (AvgIpc) is 2.68. The summed E-state index contributed by atoms with van der Waals surface area (Å²) < 4.78 is 42.8. The van der Waals surface area contributed by atoms with Crippen molar-refractivity contribution < 1.29 is 18.0 Å². The van der Waals surface area contributed by atoms with Crippen LogP contribution in [0.3, 0.4) is 0 Å². The molecule has 28 heavy (non-hydrogen) atoms. The molecule has 0 aromatic carbocycles. The zero-order valence-corrected chi connectivity index (χ0v) is 15.8. The molecule has 152 valence electrons. The molecule has 0 bridgehead atoms. The SMILES string of the molecule is CCC(=O)N1CCC[C@H](c2cc(C(F)(F)F)c3c(=O)n(C)c(=O)n(C)c3n2)C1. The summed E-state index contributed by atoms with van der Waals surface area (Å²) >= 11 is 0. The molecule has 2 aromatic rings. The number of amides is 1. The molecule has 0 saturated carbocycles. The molecule has 1 aliphatic rings. The smallest absolute Gasteiger partial charge is 0.342 e. The summed E-state index contributed by atoms with van der Waals surface area (Å²) in [6, 6.07) is 0.888. The Morgan fingerprint density at radius 2 is 1.93 bits per heavy atom. The molecule has 0 spiro atoms.